The Morgan fingerprint density at radius 3 is 2.62 bits per heavy atom. The van der Waals surface area contributed by atoms with Crippen molar-refractivity contribution in [3.63, 3.8) is 0 Å². The number of piperazine rings is 1. The van der Waals surface area contributed by atoms with E-state index in [4.69, 9.17) is 17.3 Å². The minimum Gasteiger partial charge on any atom is -0.507 e. The van der Waals surface area contributed by atoms with Gasteiger partial charge in [-0.25, -0.2) is 0 Å². The van der Waals surface area contributed by atoms with Crippen LogP contribution in [0.1, 0.15) is 0 Å². The van der Waals surface area contributed by atoms with E-state index in [2.05, 4.69) is 15.1 Å². The molecule has 1 aliphatic heterocycles. The molecule has 9 heteroatoms. The zero-order valence-electron chi connectivity index (χ0n) is 12.9. The second-order valence-electron chi connectivity index (χ2n) is 5.67. The molecule has 2 heterocycles. The van der Waals surface area contributed by atoms with Gasteiger partial charge < -0.3 is 20.8 Å². The van der Waals surface area contributed by atoms with Crippen LogP contribution in [0.3, 0.4) is 0 Å². The number of benzene rings is 1. The van der Waals surface area contributed by atoms with Crippen molar-refractivity contribution in [1.82, 2.24) is 15.1 Å². The van der Waals surface area contributed by atoms with E-state index in [1.807, 2.05) is 4.90 Å². The Balaban J connectivity index is 1.82. The molecule has 1 aromatic carbocycles. The fourth-order valence-electron chi connectivity index (χ4n) is 2.83. The lowest BCUT2D eigenvalue weighted by Crippen LogP contribution is -2.48. The third-order valence-corrected chi connectivity index (χ3v) is 4.34. The average Bonchev–Trinajstić information content (AvgIpc) is 3.00. The molecule has 8 nitrogen and oxygen atoms in total. The van der Waals surface area contributed by atoms with E-state index in [0.29, 0.717) is 37.4 Å². The number of halogens is 1. The zero-order valence-corrected chi connectivity index (χ0v) is 13.6. The molecule has 0 unspecified atom stereocenters. The first kappa shape index (κ1) is 16.4. The predicted octanol–water partition coefficient (Wildman–Crippen LogP) is 0.749. The highest BCUT2D eigenvalue weighted by atomic mass is 35.5. The topological polar surface area (TPSA) is 119 Å². The van der Waals surface area contributed by atoms with Crippen molar-refractivity contribution in [2.45, 2.75) is 0 Å². The van der Waals surface area contributed by atoms with Crippen molar-refractivity contribution in [2.24, 2.45) is 5.73 Å². The lowest BCUT2D eigenvalue weighted by Gasteiger charge is -2.35. The van der Waals surface area contributed by atoms with Gasteiger partial charge >= 0.3 is 0 Å². The molecule has 5 N–H and O–H groups in total. The number of hydrogen-bond donors (Lipinski definition) is 4. The Morgan fingerprint density at radius 1 is 1.25 bits per heavy atom. The maximum absolute atomic E-state index is 11.0. The quantitative estimate of drug-likeness (QED) is 0.645. The van der Waals surface area contributed by atoms with Crippen molar-refractivity contribution in [3.05, 3.63) is 23.4 Å². The van der Waals surface area contributed by atoms with Gasteiger partial charge in [0.15, 0.2) is 0 Å². The lowest BCUT2D eigenvalue weighted by molar-refractivity contribution is -0.119. The van der Waals surface area contributed by atoms with Crippen molar-refractivity contribution < 1.29 is 15.0 Å². The van der Waals surface area contributed by atoms with Crippen LogP contribution in [0.4, 0.5) is 5.69 Å². The first-order chi connectivity index (χ1) is 11.5. The van der Waals surface area contributed by atoms with Crippen molar-refractivity contribution in [1.29, 1.82) is 0 Å². The monoisotopic (exact) mass is 351 g/mol. The molecule has 0 bridgehead atoms. The molecule has 2 aromatic rings. The molecule has 0 aliphatic carbocycles. The van der Waals surface area contributed by atoms with E-state index in [1.165, 1.54) is 12.1 Å². The van der Waals surface area contributed by atoms with Gasteiger partial charge in [0, 0.05) is 44.0 Å². The number of amides is 1. The van der Waals surface area contributed by atoms with E-state index in [9.17, 15) is 15.0 Å². The second kappa shape index (κ2) is 6.58. The molecule has 1 aromatic heterocycles. The summed E-state index contributed by atoms with van der Waals surface area (Å²) < 4.78 is 0. The van der Waals surface area contributed by atoms with Crippen LogP contribution in [0, 0.1) is 0 Å². The van der Waals surface area contributed by atoms with E-state index < -0.39 is 0 Å². The molecule has 1 saturated heterocycles. The van der Waals surface area contributed by atoms with E-state index in [-0.39, 0.29) is 29.0 Å². The van der Waals surface area contributed by atoms with Crippen LogP contribution in [0.2, 0.25) is 5.02 Å². The maximum atomic E-state index is 11.0. The predicted molar refractivity (Wildman–Crippen MR) is 90.2 cm³/mol. The van der Waals surface area contributed by atoms with Gasteiger partial charge in [0.1, 0.15) is 17.2 Å². The number of rotatable bonds is 4. The van der Waals surface area contributed by atoms with E-state index >= 15 is 0 Å². The number of phenols is 2. The fourth-order valence-corrected chi connectivity index (χ4v) is 2.99. The third kappa shape index (κ3) is 3.24. The first-order valence-corrected chi connectivity index (χ1v) is 7.84. The van der Waals surface area contributed by atoms with Gasteiger partial charge in [0.05, 0.1) is 17.3 Å². The average molecular weight is 352 g/mol. The summed E-state index contributed by atoms with van der Waals surface area (Å²) in [4.78, 5) is 15.1. The van der Waals surface area contributed by atoms with Crippen LogP contribution >= 0.6 is 11.6 Å². The molecule has 0 radical (unpaired) electrons. The first-order valence-electron chi connectivity index (χ1n) is 7.47. The van der Waals surface area contributed by atoms with Gasteiger partial charge in [-0.2, -0.15) is 5.10 Å². The maximum Gasteiger partial charge on any atom is 0.231 e. The molecule has 3 rings (SSSR count). The number of aromatic hydroxyl groups is 2. The fraction of sp³-hybridized carbons (Fsp3) is 0.333. The van der Waals surface area contributed by atoms with Crippen LogP contribution in [0.15, 0.2) is 18.3 Å². The molecular weight excluding hydrogens is 334 g/mol. The molecule has 0 saturated carbocycles. The smallest absolute Gasteiger partial charge is 0.231 e. The standard InChI is InChI=1S/C15H18ClN5O3/c16-10-5-9(12(22)6-13(10)23)15-11(7-18-19-15)21-3-1-20(2-4-21)8-14(17)24/h5-7,22-23H,1-4,8H2,(H2,17,24)(H,18,19). The number of H-pyrrole nitrogens is 1. The minimum absolute atomic E-state index is 0.0994. The third-order valence-electron chi connectivity index (χ3n) is 4.03. The molecule has 1 fully saturated rings. The number of nitrogens with two attached hydrogens (primary N) is 1. The zero-order chi connectivity index (χ0) is 17.3. The Hall–Kier alpha value is -2.45. The number of anilines is 1. The Labute approximate surface area is 143 Å². The van der Waals surface area contributed by atoms with Gasteiger partial charge in [0.25, 0.3) is 0 Å². The highest BCUT2D eigenvalue weighted by Crippen LogP contribution is 2.40. The Kier molecular flexibility index (Phi) is 4.50. The number of carbonyl (C=O) groups excluding carboxylic acids is 1. The van der Waals surface area contributed by atoms with Gasteiger partial charge in [-0.15, -0.1) is 0 Å². The molecule has 1 aliphatic rings. The molecule has 24 heavy (non-hydrogen) atoms. The van der Waals surface area contributed by atoms with Gasteiger partial charge in [0.2, 0.25) is 5.91 Å². The highest BCUT2D eigenvalue weighted by Gasteiger charge is 2.23. The second-order valence-corrected chi connectivity index (χ2v) is 6.08. The number of aromatic amines is 1. The summed E-state index contributed by atoms with van der Waals surface area (Å²) in [5.74, 6) is -0.621. The van der Waals surface area contributed by atoms with E-state index in [1.54, 1.807) is 6.20 Å². The Morgan fingerprint density at radius 2 is 1.96 bits per heavy atom. The van der Waals surface area contributed by atoms with Gasteiger partial charge in [-0.1, -0.05) is 11.6 Å². The number of nitrogens with one attached hydrogen (secondary N) is 1. The molecule has 0 atom stereocenters. The van der Waals surface area contributed by atoms with Crippen molar-refractivity contribution in [2.75, 3.05) is 37.6 Å². The van der Waals surface area contributed by atoms with Crippen LogP contribution in [0.25, 0.3) is 11.3 Å². The van der Waals surface area contributed by atoms with Crippen LogP contribution in [0.5, 0.6) is 11.5 Å². The van der Waals surface area contributed by atoms with Gasteiger partial charge in [-0.3, -0.25) is 14.8 Å². The number of carbonyl (C=O) groups is 1. The van der Waals surface area contributed by atoms with E-state index in [0.717, 1.165) is 5.69 Å². The summed E-state index contributed by atoms with van der Waals surface area (Å²) in [6.45, 7) is 3.06. The summed E-state index contributed by atoms with van der Waals surface area (Å²) in [6, 6.07) is 2.68. The number of aromatic nitrogens is 2. The van der Waals surface area contributed by atoms with Gasteiger partial charge in [-0.05, 0) is 6.07 Å². The lowest BCUT2D eigenvalue weighted by atomic mass is 10.1. The largest absolute Gasteiger partial charge is 0.507 e. The van der Waals surface area contributed by atoms with Crippen LogP contribution in [-0.2, 0) is 4.79 Å². The summed E-state index contributed by atoms with van der Waals surface area (Å²) in [6.07, 6.45) is 1.75. The Bertz CT molecular complexity index is 756. The van der Waals surface area contributed by atoms with Crippen molar-refractivity contribution >= 4 is 23.2 Å². The number of hydrogen-bond acceptors (Lipinski definition) is 6. The number of phenolic OH excluding ortho intramolecular Hbond substituents is 2. The molecular formula is C15H18ClN5O3. The normalized spacial score (nSPS) is 15.6. The number of nitrogens with zero attached hydrogens (tertiary/aromatic N) is 3. The number of primary amides is 1. The molecule has 128 valence electrons. The molecule has 0 spiro atoms. The highest BCUT2D eigenvalue weighted by molar-refractivity contribution is 6.32. The summed E-state index contributed by atoms with van der Waals surface area (Å²) in [5, 5.41) is 26.8. The SMILES string of the molecule is NC(=O)CN1CCN(c2c[nH]nc2-c2cc(Cl)c(O)cc2O)CC1. The van der Waals surface area contributed by atoms with Crippen LogP contribution in [-0.4, -0.2) is 63.9 Å². The summed E-state index contributed by atoms with van der Waals surface area (Å²) in [5.41, 5.74) is 7.04. The summed E-state index contributed by atoms with van der Waals surface area (Å²) in [7, 11) is 0. The minimum atomic E-state index is -0.337. The van der Waals surface area contributed by atoms with Crippen LogP contribution < -0.4 is 10.6 Å². The summed E-state index contributed by atoms with van der Waals surface area (Å²) >= 11 is 5.95. The molecule has 1 amide bonds. The van der Waals surface area contributed by atoms with Crippen molar-refractivity contribution in [3.8, 4) is 22.8 Å².